The number of benzene rings is 2. The van der Waals surface area contributed by atoms with Gasteiger partial charge in [-0.25, -0.2) is 0 Å². The molecule has 0 spiro atoms. The third-order valence-corrected chi connectivity index (χ3v) is 4.55. The number of hydrogen-bond donors (Lipinski definition) is 2. The van der Waals surface area contributed by atoms with Gasteiger partial charge in [0.15, 0.2) is 16.6 Å². The molecule has 0 aromatic heterocycles. The van der Waals surface area contributed by atoms with Gasteiger partial charge in [0, 0.05) is 16.6 Å². The number of nitrogens with one attached hydrogen (secondary N) is 2. The van der Waals surface area contributed by atoms with Crippen molar-refractivity contribution in [1.82, 2.24) is 10.6 Å². The summed E-state index contributed by atoms with van der Waals surface area (Å²) in [6.45, 7) is 3.25. The first-order valence-corrected chi connectivity index (χ1v) is 9.88. The van der Waals surface area contributed by atoms with Gasteiger partial charge in [-0.05, 0) is 60.6 Å². The van der Waals surface area contributed by atoms with E-state index < -0.39 is 0 Å². The summed E-state index contributed by atoms with van der Waals surface area (Å²) < 4.78 is 12.0. The van der Waals surface area contributed by atoms with Gasteiger partial charge in [-0.15, -0.1) is 0 Å². The lowest BCUT2D eigenvalue weighted by Crippen LogP contribution is -2.38. The highest BCUT2D eigenvalue weighted by atomic mass is 79.9. The maximum absolute atomic E-state index is 12.2. The average Bonchev–Trinajstić information content (AvgIpc) is 2.67. The summed E-state index contributed by atoms with van der Waals surface area (Å²) >= 11 is 8.55. The fourth-order valence-corrected chi connectivity index (χ4v) is 2.70. The smallest absolute Gasteiger partial charge is 0.257 e. The molecule has 2 N–H and O–H groups in total. The number of thiocarbonyl (C=S) groups is 1. The number of carbonyl (C=O) groups excluding carboxylic acids is 1. The number of methoxy groups -OCH3 is 1. The zero-order chi connectivity index (χ0) is 19.6. The number of amides is 1. The number of hydrogen-bond acceptors (Lipinski definition) is 4. The Morgan fingerprint density at radius 1 is 1.15 bits per heavy atom. The van der Waals surface area contributed by atoms with Crippen molar-refractivity contribution in [1.29, 1.82) is 0 Å². The number of rotatable bonds is 8. The molecule has 0 heterocycles. The van der Waals surface area contributed by atoms with Crippen LogP contribution >= 0.6 is 28.1 Å². The number of halogens is 1. The zero-order valence-corrected chi connectivity index (χ0v) is 17.8. The Kier molecular flexibility index (Phi) is 8.54. The maximum Gasteiger partial charge on any atom is 0.257 e. The molecule has 2 aromatic rings. The molecule has 0 atom stereocenters. The van der Waals surface area contributed by atoms with Crippen molar-refractivity contribution in [2.75, 3.05) is 13.7 Å². The van der Waals surface area contributed by atoms with Crippen molar-refractivity contribution in [2.24, 2.45) is 0 Å². The minimum Gasteiger partial charge on any atom is -0.493 e. The van der Waals surface area contributed by atoms with E-state index in [1.165, 1.54) is 0 Å². The lowest BCUT2D eigenvalue weighted by Gasteiger charge is -2.13. The molecule has 0 aliphatic carbocycles. The van der Waals surface area contributed by atoms with Gasteiger partial charge in [0.25, 0.3) is 5.91 Å². The van der Waals surface area contributed by atoms with Gasteiger partial charge in [-0.2, -0.15) is 0 Å². The van der Waals surface area contributed by atoms with Crippen LogP contribution in [0, 0.1) is 0 Å². The van der Waals surface area contributed by atoms with Gasteiger partial charge in [0.2, 0.25) is 0 Å². The molecule has 0 radical (unpaired) electrons. The predicted molar refractivity (Wildman–Crippen MR) is 114 cm³/mol. The van der Waals surface area contributed by atoms with Gasteiger partial charge >= 0.3 is 0 Å². The molecule has 5 nitrogen and oxygen atoms in total. The molecular weight excluding hydrogens is 428 g/mol. The van der Waals surface area contributed by atoms with Crippen LogP contribution < -0.4 is 20.1 Å². The van der Waals surface area contributed by atoms with Gasteiger partial charge in [0.05, 0.1) is 13.7 Å². The van der Waals surface area contributed by atoms with Crippen LogP contribution in [0.15, 0.2) is 46.9 Å². The Morgan fingerprint density at radius 2 is 1.89 bits per heavy atom. The molecule has 2 rings (SSSR count). The molecule has 0 aliphatic heterocycles. The Bertz CT molecular complexity index is 781. The van der Waals surface area contributed by atoms with Crippen molar-refractivity contribution in [2.45, 2.75) is 26.3 Å². The summed E-state index contributed by atoms with van der Waals surface area (Å²) in [7, 11) is 1.61. The van der Waals surface area contributed by atoms with Crippen molar-refractivity contribution >= 4 is 39.2 Å². The largest absolute Gasteiger partial charge is 0.493 e. The molecule has 144 valence electrons. The first kappa shape index (κ1) is 21.2. The Labute approximate surface area is 173 Å². The maximum atomic E-state index is 12.2. The molecule has 27 heavy (non-hydrogen) atoms. The topological polar surface area (TPSA) is 59.6 Å². The molecular formula is C20H23BrN2O3S. The molecule has 0 unspecified atom stereocenters. The van der Waals surface area contributed by atoms with Crippen molar-refractivity contribution < 1.29 is 14.3 Å². The van der Waals surface area contributed by atoms with Gasteiger partial charge in [-0.1, -0.05) is 35.3 Å². The van der Waals surface area contributed by atoms with Crippen LogP contribution in [0.1, 0.15) is 35.7 Å². The van der Waals surface area contributed by atoms with Crippen molar-refractivity contribution in [3.8, 4) is 11.5 Å². The van der Waals surface area contributed by atoms with E-state index in [-0.39, 0.29) is 11.0 Å². The minimum atomic E-state index is -0.253. The second kappa shape index (κ2) is 10.9. The summed E-state index contributed by atoms with van der Waals surface area (Å²) in [5, 5.41) is 5.97. The molecule has 2 aromatic carbocycles. The minimum absolute atomic E-state index is 0.253. The molecule has 0 aliphatic rings. The zero-order valence-electron chi connectivity index (χ0n) is 15.4. The summed E-state index contributed by atoms with van der Waals surface area (Å²) in [5.41, 5.74) is 1.51. The van der Waals surface area contributed by atoms with E-state index in [1.54, 1.807) is 19.2 Å². The monoisotopic (exact) mass is 450 g/mol. The van der Waals surface area contributed by atoms with Gasteiger partial charge in [0.1, 0.15) is 0 Å². The van der Waals surface area contributed by atoms with Gasteiger partial charge in [-0.3, -0.25) is 10.1 Å². The van der Waals surface area contributed by atoms with Crippen LogP contribution in [0.2, 0.25) is 0 Å². The Morgan fingerprint density at radius 3 is 2.56 bits per heavy atom. The molecule has 0 saturated heterocycles. The summed E-state index contributed by atoms with van der Waals surface area (Å²) in [6.07, 6.45) is 2.08. The van der Waals surface area contributed by atoms with E-state index in [4.69, 9.17) is 21.7 Å². The molecule has 0 saturated carbocycles. The van der Waals surface area contributed by atoms with Crippen LogP contribution in [-0.2, 0) is 6.54 Å². The van der Waals surface area contributed by atoms with Crippen molar-refractivity contribution in [3.05, 3.63) is 58.1 Å². The third-order valence-electron chi connectivity index (χ3n) is 3.77. The Hall–Kier alpha value is -2.12. The molecule has 7 heteroatoms. The summed E-state index contributed by atoms with van der Waals surface area (Å²) in [4.78, 5) is 12.2. The summed E-state index contributed by atoms with van der Waals surface area (Å²) in [5.74, 6) is 1.15. The van der Waals surface area contributed by atoms with Crippen molar-refractivity contribution in [3.63, 3.8) is 0 Å². The van der Waals surface area contributed by atoms with Crippen LogP contribution in [-0.4, -0.2) is 24.7 Å². The SMILES string of the molecule is CCCCOc1ccc(CNC(=S)NC(=O)c2ccc(Br)cc2)cc1OC. The van der Waals surface area contributed by atoms with E-state index >= 15 is 0 Å². The van der Waals surface area contributed by atoms with Crippen LogP contribution in [0.3, 0.4) is 0 Å². The van der Waals surface area contributed by atoms with Crippen LogP contribution in [0.4, 0.5) is 0 Å². The van der Waals surface area contributed by atoms with Gasteiger partial charge < -0.3 is 14.8 Å². The second-order valence-electron chi connectivity index (χ2n) is 5.83. The third kappa shape index (κ3) is 6.84. The number of carbonyl (C=O) groups is 1. The second-order valence-corrected chi connectivity index (χ2v) is 7.15. The van der Waals surface area contributed by atoms with E-state index in [9.17, 15) is 4.79 Å². The highest BCUT2D eigenvalue weighted by molar-refractivity contribution is 9.10. The first-order valence-electron chi connectivity index (χ1n) is 8.68. The average molecular weight is 451 g/mol. The molecule has 0 bridgehead atoms. The first-order chi connectivity index (χ1) is 13.0. The van der Waals surface area contributed by atoms with E-state index in [0.717, 1.165) is 28.6 Å². The van der Waals surface area contributed by atoms with Crippen LogP contribution in [0.5, 0.6) is 11.5 Å². The van der Waals surface area contributed by atoms with Crippen LogP contribution in [0.25, 0.3) is 0 Å². The van der Waals surface area contributed by atoms with E-state index in [2.05, 4.69) is 33.5 Å². The standard InChI is InChI=1S/C20H23BrN2O3S/c1-3-4-11-26-17-10-5-14(12-18(17)25-2)13-22-20(27)23-19(24)15-6-8-16(21)9-7-15/h5-10,12H,3-4,11,13H2,1-2H3,(H2,22,23,24,27). The highest BCUT2D eigenvalue weighted by Crippen LogP contribution is 2.28. The van der Waals surface area contributed by atoms with E-state index in [1.807, 2.05) is 30.3 Å². The molecule has 0 fully saturated rings. The normalized spacial score (nSPS) is 10.2. The Balaban J connectivity index is 1.88. The highest BCUT2D eigenvalue weighted by Gasteiger charge is 2.09. The number of unbranched alkanes of at least 4 members (excludes halogenated alkanes) is 1. The lowest BCUT2D eigenvalue weighted by atomic mass is 10.2. The molecule has 1 amide bonds. The quantitative estimate of drug-likeness (QED) is 0.459. The van der Waals surface area contributed by atoms with E-state index in [0.29, 0.717) is 24.5 Å². The number of ether oxygens (including phenoxy) is 2. The predicted octanol–water partition coefficient (Wildman–Crippen LogP) is 4.44. The summed E-state index contributed by atoms with van der Waals surface area (Å²) in [6, 6.07) is 12.8. The fourth-order valence-electron chi connectivity index (χ4n) is 2.27. The lowest BCUT2D eigenvalue weighted by molar-refractivity contribution is 0.0976. The fraction of sp³-hybridized carbons (Fsp3) is 0.300.